The number of hydrogen-bond donors (Lipinski definition) is 2. The van der Waals surface area contributed by atoms with Crippen LogP contribution in [-0.2, 0) is 0 Å². The standard InChI is InChI=1S/C19H15BrN2O2/c20-15-10-4-5-11-16(15)21-19(23)22-17-12-6-7-13-18(17)24-14-8-2-1-3-9-14/h1-13H,(H2,21,22,23). The maximum absolute atomic E-state index is 12.2. The van der Waals surface area contributed by atoms with Gasteiger partial charge in [0, 0.05) is 4.47 Å². The van der Waals surface area contributed by atoms with Crippen molar-refractivity contribution in [2.45, 2.75) is 0 Å². The average molecular weight is 383 g/mol. The SMILES string of the molecule is O=C(Nc1ccccc1Br)Nc1ccccc1Oc1ccccc1. The number of amides is 2. The summed E-state index contributed by atoms with van der Waals surface area (Å²) in [5.74, 6) is 1.28. The van der Waals surface area contributed by atoms with Crippen molar-refractivity contribution in [3.8, 4) is 11.5 Å². The lowest BCUT2D eigenvalue weighted by Crippen LogP contribution is -2.19. The zero-order valence-corrected chi connectivity index (χ0v) is 14.3. The molecule has 0 aromatic heterocycles. The number of nitrogens with one attached hydrogen (secondary N) is 2. The first-order chi connectivity index (χ1) is 11.7. The number of rotatable bonds is 4. The van der Waals surface area contributed by atoms with Crippen LogP contribution in [0.5, 0.6) is 11.5 Å². The summed E-state index contributed by atoms with van der Waals surface area (Å²) in [5.41, 5.74) is 1.28. The van der Waals surface area contributed by atoms with Gasteiger partial charge in [0.2, 0.25) is 0 Å². The van der Waals surface area contributed by atoms with Gasteiger partial charge in [-0.1, -0.05) is 42.5 Å². The third-order valence-electron chi connectivity index (χ3n) is 3.23. The number of carbonyl (C=O) groups is 1. The fraction of sp³-hybridized carbons (Fsp3) is 0. The summed E-state index contributed by atoms with van der Waals surface area (Å²) < 4.78 is 6.65. The lowest BCUT2D eigenvalue weighted by molar-refractivity contribution is 0.262. The Bertz CT molecular complexity index is 838. The highest BCUT2D eigenvalue weighted by molar-refractivity contribution is 9.10. The normalized spacial score (nSPS) is 10.0. The Kier molecular flexibility index (Phi) is 5.13. The molecule has 0 unspecified atom stereocenters. The molecule has 0 atom stereocenters. The minimum atomic E-state index is -0.342. The van der Waals surface area contributed by atoms with E-state index in [-0.39, 0.29) is 6.03 Å². The molecule has 24 heavy (non-hydrogen) atoms. The minimum Gasteiger partial charge on any atom is -0.455 e. The number of ether oxygens (including phenoxy) is 1. The Balaban J connectivity index is 1.73. The summed E-state index contributed by atoms with van der Waals surface area (Å²) in [7, 11) is 0. The van der Waals surface area contributed by atoms with Crippen LogP contribution in [-0.4, -0.2) is 6.03 Å². The van der Waals surface area contributed by atoms with Crippen LogP contribution in [0.15, 0.2) is 83.3 Å². The molecule has 0 bridgehead atoms. The fourth-order valence-electron chi connectivity index (χ4n) is 2.11. The van der Waals surface area contributed by atoms with E-state index in [1.54, 1.807) is 12.1 Å². The molecular weight excluding hydrogens is 368 g/mol. The van der Waals surface area contributed by atoms with Gasteiger partial charge in [-0.05, 0) is 52.3 Å². The van der Waals surface area contributed by atoms with Gasteiger partial charge < -0.3 is 15.4 Å². The van der Waals surface area contributed by atoms with Crippen LogP contribution in [0.2, 0.25) is 0 Å². The highest BCUT2D eigenvalue weighted by Gasteiger charge is 2.09. The van der Waals surface area contributed by atoms with E-state index in [9.17, 15) is 4.79 Å². The number of carbonyl (C=O) groups excluding carboxylic acids is 1. The smallest absolute Gasteiger partial charge is 0.323 e. The van der Waals surface area contributed by atoms with Crippen LogP contribution < -0.4 is 15.4 Å². The molecule has 2 N–H and O–H groups in total. The Labute approximate surface area is 148 Å². The van der Waals surface area contributed by atoms with E-state index in [0.29, 0.717) is 22.9 Å². The molecule has 120 valence electrons. The predicted octanol–water partition coefficient (Wildman–Crippen LogP) is 5.89. The molecule has 0 aliphatic carbocycles. The summed E-state index contributed by atoms with van der Waals surface area (Å²) in [4.78, 5) is 12.2. The molecule has 0 radical (unpaired) electrons. The molecular formula is C19H15BrN2O2. The molecule has 4 nitrogen and oxygen atoms in total. The average Bonchev–Trinajstić information content (AvgIpc) is 2.60. The molecule has 0 heterocycles. The predicted molar refractivity (Wildman–Crippen MR) is 99.7 cm³/mol. The zero-order chi connectivity index (χ0) is 16.8. The third-order valence-corrected chi connectivity index (χ3v) is 3.92. The number of hydrogen-bond acceptors (Lipinski definition) is 2. The van der Waals surface area contributed by atoms with E-state index in [1.807, 2.05) is 66.7 Å². The topological polar surface area (TPSA) is 50.4 Å². The Morgan fingerprint density at radius 1 is 0.750 bits per heavy atom. The van der Waals surface area contributed by atoms with Crippen molar-refractivity contribution < 1.29 is 9.53 Å². The number of halogens is 1. The van der Waals surface area contributed by atoms with Gasteiger partial charge in [-0.15, -0.1) is 0 Å². The van der Waals surface area contributed by atoms with Crippen LogP contribution in [0.4, 0.5) is 16.2 Å². The molecule has 2 amide bonds. The van der Waals surface area contributed by atoms with Crippen molar-refractivity contribution in [3.05, 3.63) is 83.3 Å². The summed E-state index contributed by atoms with van der Waals surface area (Å²) >= 11 is 3.40. The monoisotopic (exact) mass is 382 g/mol. The van der Waals surface area contributed by atoms with Gasteiger partial charge in [-0.2, -0.15) is 0 Å². The first-order valence-corrected chi connectivity index (χ1v) is 8.16. The number of anilines is 2. The van der Waals surface area contributed by atoms with Crippen LogP contribution in [0.1, 0.15) is 0 Å². The summed E-state index contributed by atoms with van der Waals surface area (Å²) in [5, 5.41) is 5.61. The van der Waals surface area contributed by atoms with Gasteiger partial charge in [0.1, 0.15) is 5.75 Å². The molecule has 0 saturated heterocycles. The maximum Gasteiger partial charge on any atom is 0.323 e. The van der Waals surface area contributed by atoms with Gasteiger partial charge in [0.05, 0.1) is 11.4 Å². The van der Waals surface area contributed by atoms with Gasteiger partial charge in [-0.3, -0.25) is 0 Å². The van der Waals surface area contributed by atoms with Crippen LogP contribution in [0, 0.1) is 0 Å². The van der Waals surface area contributed by atoms with Crippen molar-refractivity contribution in [1.29, 1.82) is 0 Å². The second-order valence-corrected chi connectivity index (χ2v) is 5.82. The summed E-state index contributed by atoms with van der Waals surface area (Å²) in [6.45, 7) is 0. The second-order valence-electron chi connectivity index (χ2n) is 4.97. The maximum atomic E-state index is 12.2. The third kappa shape index (κ3) is 4.14. The summed E-state index contributed by atoms with van der Waals surface area (Å²) in [6, 6.07) is 23.8. The van der Waals surface area contributed by atoms with Gasteiger partial charge in [0.15, 0.2) is 5.75 Å². The molecule has 3 rings (SSSR count). The highest BCUT2D eigenvalue weighted by atomic mass is 79.9. The van der Waals surface area contributed by atoms with Crippen molar-refractivity contribution in [2.24, 2.45) is 0 Å². The van der Waals surface area contributed by atoms with Crippen LogP contribution >= 0.6 is 15.9 Å². The van der Waals surface area contributed by atoms with E-state index >= 15 is 0 Å². The highest BCUT2D eigenvalue weighted by Crippen LogP contribution is 2.29. The van der Waals surface area contributed by atoms with Crippen LogP contribution in [0.25, 0.3) is 0 Å². The molecule has 0 aliphatic heterocycles. The molecule has 0 fully saturated rings. The molecule has 3 aromatic rings. The molecule has 5 heteroatoms. The van der Waals surface area contributed by atoms with Gasteiger partial charge in [0.25, 0.3) is 0 Å². The molecule has 0 saturated carbocycles. The quantitative estimate of drug-likeness (QED) is 0.591. The zero-order valence-electron chi connectivity index (χ0n) is 12.7. The number of urea groups is 1. The van der Waals surface area contributed by atoms with E-state index < -0.39 is 0 Å². The lowest BCUT2D eigenvalue weighted by Gasteiger charge is -2.13. The molecule has 3 aromatic carbocycles. The Hall–Kier alpha value is -2.79. The second kappa shape index (κ2) is 7.66. The van der Waals surface area contributed by atoms with E-state index in [4.69, 9.17) is 4.74 Å². The largest absolute Gasteiger partial charge is 0.455 e. The van der Waals surface area contributed by atoms with Gasteiger partial charge in [-0.25, -0.2) is 4.79 Å². The van der Waals surface area contributed by atoms with E-state index in [0.717, 1.165) is 4.47 Å². The Morgan fingerprint density at radius 2 is 1.33 bits per heavy atom. The number of para-hydroxylation sites is 4. The molecule has 0 aliphatic rings. The van der Waals surface area contributed by atoms with Crippen molar-refractivity contribution in [3.63, 3.8) is 0 Å². The van der Waals surface area contributed by atoms with Crippen molar-refractivity contribution in [2.75, 3.05) is 10.6 Å². The first-order valence-electron chi connectivity index (χ1n) is 7.37. The van der Waals surface area contributed by atoms with Crippen molar-refractivity contribution in [1.82, 2.24) is 0 Å². The van der Waals surface area contributed by atoms with E-state index in [2.05, 4.69) is 26.6 Å². The Morgan fingerprint density at radius 3 is 2.08 bits per heavy atom. The minimum absolute atomic E-state index is 0.342. The van der Waals surface area contributed by atoms with Gasteiger partial charge >= 0.3 is 6.03 Å². The molecule has 0 spiro atoms. The van der Waals surface area contributed by atoms with E-state index in [1.165, 1.54) is 0 Å². The lowest BCUT2D eigenvalue weighted by atomic mass is 10.3. The number of benzene rings is 3. The first kappa shape index (κ1) is 16.1. The van der Waals surface area contributed by atoms with Crippen LogP contribution in [0.3, 0.4) is 0 Å². The fourth-order valence-corrected chi connectivity index (χ4v) is 2.50. The summed E-state index contributed by atoms with van der Waals surface area (Å²) in [6.07, 6.45) is 0. The van der Waals surface area contributed by atoms with Crippen molar-refractivity contribution >= 4 is 33.3 Å².